The Morgan fingerprint density at radius 2 is 2.00 bits per heavy atom. The summed E-state index contributed by atoms with van der Waals surface area (Å²) in [6, 6.07) is 0.585. The van der Waals surface area contributed by atoms with Gasteiger partial charge in [-0.15, -0.1) is 0 Å². The molecule has 18 heavy (non-hydrogen) atoms. The second kappa shape index (κ2) is 6.31. The Kier molecular flexibility index (Phi) is 4.99. The van der Waals surface area contributed by atoms with Crippen LogP contribution in [0, 0.1) is 5.92 Å². The monoisotopic (exact) mass is 268 g/mol. The maximum atomic E-state index is 4.95. The van der Waals surface area contributed by atoms with Gasteiger partial charge >= 0.3 is 0 Å². The highest BCUT2D eigenvalue weighted by molar-refractivity contribution is 8.13. The van der Waals surface area contributed by atoms with Crippen LogP contribution in [0.2, 0.25) is 0 Å². The molecule has 0 atom stereocenters. The minimum Gasteiger partial charge on any atom is -0.360 e. The van der Waals surface area contributed by atoms with Gasteiger partial charge in [0.1, 0.15) is 0 Å². The highest BCUT2D eigenvalue weighted by Crippen LogP contribution is 2.30. The number of hydrogen-bond acceptors (Lipinski definition) is 2. The van der Waals surface area contributed by atoms with E-state index < -0.39 is 0 Å². The highest BCUT2D eigenvalue weighted by atomic mass is 32.2. The molecule has 1 aliphatic heterocycles. The number of thioether (sulfide) groups is 1. The van der Waals surface area contributed by atoms with E-state index in [4.69, 9.17) is 4.99 Å². The zero-order valence-corrected chi connectivity index (χ0v) is 13.0. The third kappa shape index (κ3) is 4.18. The van der Waals surface area contributed by atoms with Crippen molar-refractivity contribution in [2.75, 3.05) is 5.75 Å². The molecule has 1 heterocycles. The summed E-state index contributed by atoms with van der Waals surface area (Å²) < 4.78 is 0. The first kappa shape index (κ1) is 14.2. The fraction of sp³-hybridized carbons (Fsp3) is 0.933. The van der Waals surface area contributed by atoms with E-state index in [1.54, 1.807) is 0 Å². The predicted octanol–water partition coefficient (Wildman–Crippen LogP) is 4.21. The van der Waals surface area contributed by atoms with Gasteiger partial charge in [-0.05, 0) is 51.9 Å². The third-order valence-electron chi connectivity index (χ3n) is 4.22. The quantitative estimate of drug-likeness (QED) is 0.829. The van der Waals surface area contributed by atoms with Gasteiger partial charge in [-0.25, -0.2) is 0 Å². The van der Waals surface area contributed by atoms with E-state index in [2.05, 4.69) is 26.1 Å². The molecule has 0 aromatic carbocycles. The zero-order valence-electron chi connectivity index (χ0n) is 12.2. The summed E-state index contributed by atoms with van der Waals surface area (Å²) in [5, 5.41) is 4.79. The van der Waals surface area contributed by atoms with E-state index in [1.807, 2.05) is 11.8 Å². The number of nitrogens with zero attached hydrogens (tertiary/aromatic N) is 1. The van der Waals surface area contributed by atoms with Crippen molar-refractivity contribution in [3.63, 3.8) is 0 Å². The van der Waals surface area contributed by atoms with Crippen LogP contribution in [-0.4, -0.2) is 22.5 Å². The zero-order chi connectivity index (χ0) is 13.0. The average molecular weight is 268 g/mol. The molecular weight excluding hydrogens is 240 g/mol. The standard InChI is InChI=1S/C15H28N2S/c1-4-5-12-6-8-13(9-7-12)16-14-17-15(2,3)10-11-18-14/h12-13H,4-11H2,1-3H3,(H,16,17). The van der Waals surface area contributed by atoms with Gasteiger partial charge in [-0.1, -0.05) is 31.5 Å². The maximum absolute atomic E-state index is 4.95. The van der Waals surface area contributed by atoms with E-state index >= 15 is 0 Å². The first-order chi connectivity index (χ1) is 8.59. The molecule has 2 rings (SSSR count). The lowest BCUT2D eigenvalue weighted by Gasteiger charge is -2.34. The molecule has 1 saturated heterocycles. The Morgan fingerprint density at radius 1 is 1.28 bits per heavy atom. The Bertz CT molecular complexity index is 291. The number of nitrogens with one attached hydrogen (secondary N) is 1. The molecule has 104 valence electrons. The summed E-state index contributed by atoms with van der Waals surface area (Å²) in [5.74, 6) is 2.19. The fourth-order valence-corrected chi connectivity index (χ4v) is 4.37. The number of rotatable bonds is 3. The van der Waals surface area contributed by atoms with E-state index in [9.17, 15) is 0 Å². The molecule has 0 bridgehead atoms. The van der Waals surface area contributed by atoms with Crippen LogP contribution in [0.1, 0.15) is 65.7 Å². The van der Waals surface area contributed by atoms with Crippen LogP contribution in [0.25, 0.3) is 0 Å². The lowest BCUT2D eigenvalue weighted by atomic mass is 9.84. The topological polar surface area (TPSA) is 24.4 Å². The van der Waals surface area contributed by atoms with E-state index in [0.29, 0.717) is 6.04 Å². The van der Waals surface area contributed by atoms with Crippen LogP contribution in [0.3, 0.4) is 0 Å². The third-order valence-corrected chi connectivity index (χ3v) is 5.11. The second-order valence-corrected chi connectivity index (χ2v) is 7.59. The van der Waals surface area contributed by atoms with Gasteiger partial charge in [0, 0.05) is 11.3 Å². The van der Waals surface area contributed by atoms with Crippen molar-refractivity contribution in [2.45, 2.75) is 77.3 Å². The van der Waals surface area contributed by atoms with Crippen molar-refractivity contribution in [1.29, 1.82) is 0 Å². The molecule has 0 radical (unpaired) electrons. The van der Waals surface area contributed by atoms with Crippen LogP contribution in [0.5, 0.6) is 0 Å². The first-order valence-electron chi connectivity index (χ1n) is 7.58. The minimum atomic E-state index is 0.240. The van der Waals surface area contributed by atoms with Crippen LogP contribution in [-0.2, 0) is 0 Å². The Morgan fingerprint density at radius 3 is 2.61 bits per heavy atom. The molecule has 1 N–H and O–H groups in total. The summed E-state index contributed by atoms with van der Waals surface area (Å²) in [6.07, 6.45) is 9.39. The molecular formula is C15H28N2S. The molecule has 2 nitrogen and oxygen atoms in total. The minimum absolute atomic E-state index is 0.240. The van der Waals surface area contributed by atoms with Gasteiger partial charge in [0.15, 0.2) is 5.17 Å². The normalized spacial score (nSPS) is 34.3. The molecule has 0 amide bonds. The largest absolute Gasteiger partial charge is 0.360 e. The summed E-state index contributed by atoms with van der Waals surface area (Å²) in [7, 11) is 0. The number of aliphatic imine (C=N–C) groups is 1. The van der Waals surface area contributed by atoms with Crippen molar-refractivity contribution in [2.24, 2.45) is 10.9 Å². The molecule has 0 aromatic heterocycles. The fourth-order valence-electron chi connectivity index (χ4n) is 3.00. The lowest BCUT2D eigenvalue weighted by molar-refractivity contribution is 0.309. The van der Waals surface area contributed by atoms with Gasteiger partial charge in [0.05, 0.1) is 6.04 Å². The molecule has 3 heteroatoms. The average Bonchev–Trinajstić information content (AvgIpc) is 2.31. The maximum Gasteiger partial charge on any atom is 0.157 e. The second-order valence-electron chi connectivity index (χ2n) is 6.50. The first-order valence-corrected chi connectivity index (χ1v) is 8.56. The van der Waals surface area contributed by atoms with E-state index in [0.717, 1.165) is 5.92 Å². The van der Waals surface area contributed by atoms with Crippen molar-refractivity contribution < 1.29 is 0 Å². The molecule has 0 unspecified atom stereocenters. The van der Waals surface area contributed by atoms with Crippen LogP contribution in [0.15, 0.2) is 4.99 Å². The van der Waals surface area contributed by atoms with Crippen LogP contribution in [0.4, 0.5) is 0 Å². The number of hydrogen-bond donors (Lipinski definition) is 1. The van der Waals surface area contributed by atoms with Gasteiger partial charge < -0.3 is 5.32 Å². The predicted molar refractivity (Wildman–Crippen MR) is 82.4 cm³/mol. The summed E-state index contributed by atoms with van der Waals surface area (Å²) in [4.78, 5) is 4.95. The van der Waals surface area contributed by atoms with Crippen molar-refractivity contribution >= 4 is 16.9 Å². The summed E-state index contributed by atoms with van der Waals surface area (Å²) >= 11 is 1.91. The van der Waals surface area contributed by atoms with Crippen LogP contribution < -0.4 is 5.32 Å². The summed E-state index contributed by atoms with van der Waals surface area (Å²) in [6.45, 7) is 6.86. The molecule has 2 aliphatic rings. The number of amidine groups is 1. The summed E-state index contributed by atoms with van der Waals surface area (Å²) in [5.41, 5.74) is 0.240. The lowest BCUT2D eigenvalue weighted by Crippen LogP contribution is -2.46. The Hall–Kier alpha value is -0.180. The smallest absolute Gasteiger partial charge is 0.157 e. The Balaban J connectivity index is 1.83. The van der Waals surface area contributed by atoms with Gasteiger partial charge in [0.2, 0.25) is 0 Å². The van der Waals surface area contributed by atoms with Crippen LogP contribution >= 0.6 is 11.8 Å². The van der Waals surface area contributed by atoms with Crippen molar-refractivity contribution in [3.05, 3.63) is 0 Å². The highest BCUT2D eigenvalue weighted by Gasteiger charge is 2.26. The molecule has 1 saturated carbocycles. The van der Waals surface area contributed by atoms with Crippen molar-refractivity contribution in [1.82, 2.24) is 5.32 Å². The molecule has 1 aliphatic carbocycles. The van der Waals surface area contributed by atoms with Gasteiger partial charge in [0.25, 0.3) is 0 Å². The molecule has 0 spiro atoms. The van der Waals surface area contributed by atoms with Crippen molar-refractivity contribution in [3.8, 4) is 0 Å². The molecule has 0 aromatic rings. The SMILES string of the molecule is CCCC1CCC(N=C2NC(C)(C)CCS2)CC1. The van der Waals surface area contributed by atoms with Gasteiger partial charge in [-0.2, -0.15) is 0 Å². The Labute approximate surface area is 116 Å². The van der Waals surface area contributed by atoms with E-state index in [-0.39, 0.29) is 5.54 Å². The molecule has 2 fully saturated rings. The van der Waals surface area contributed by atoms with E-state index in [1.165, 1.54) is 55.9 Å². The van der Waals surface area contributed by atoms with Gasteiger partial charge in [-0.3, -0.25) is 4.99 Å².